The Balaban J connectivity index is 1.16. The monoisotopic (exact) mass is 688 g/mol. The molecule has 0 spiro atoms. The summed E-state index contributed by atoms with van der Waals surface area (Å²) in [6, 6.07) is 54.8. The third-order valence-corrected chi connectivity index (χ3v) is 11.8. The van der Waals surface area contributed by atoms with Crippen LogP contribution in [0.15, 0.2) is 168 Å². The van der Waals surface area contributed by atoms with Crippen LogP contribution < -0.4 is 0 Å². The molecule has 10 aromatic rings. The van der Waals surface area contributed by atoms with Crippen LogP contribution in [0.5, 0.6) is 0 Å². The molecule has 0 aliphatic carbocycles. The van der Waals surface area contributed by atoms with E-state index in [0.717, 1.165) is 32.5 Å². The largest absolute Gasteiger partial charge is 0.309 e. The van der Waals surface area contributed by atoms with Gasteiger partial charge in [0, 0.05) is 74.1 Å². The van der Waals surface area contributed by atoms with Crippen LogP contribution in [0.2, 0.25) is 0 Å². The van der Waals surface area contributed by atoms with Crippen molar-refractivity contribution >= 4 is 103 Å². The van der Waals surface area contributed by atoms with E-state index in [9.17, 15) is 5.41 Å². The van der Waals surface area contributed by atoms with Crippen molar-refractivity contribution in [2.75, 3.05) is 0 Å². The fourth-order valence-electron chi connectivity index (χ4n) is 7.30. The summed E-state index contributed by atoms with van der Waals surface area (Å²) in [5.74, 6) is 0.694. The van der Waals surface area contributed by atoms with Gasteiger partial charge in [0.1, 0.15) is 0 Å². The van der Waals surface area contributed by atoms with Gasteiger partial charge in [0.15, 0.2) is 11.7 Å². The third-order valence-electron chi connectivity index (χ3n) is 9.56. The van der Waals surface area contributed by atoms with Gasteiger partial charge in [-0.2, -0.15) is 0 Å². The number of nitrogens with zero attached hydrogens (tertiary/aromatic N) is 3. The maximum absolute atomic E-state index is 9.41. The topological polar surface area (TPSA) is 53.5 Å². The second kappa shape index (κ2) is 12.0. The second-order valence-corrected chi connectivity index (χ2v) is 14.7. The Kier molecular flexibility index (Phi) is 6.98. The first-order valence-electron chi connectivity index (χ1n) is 16.8. The van der Waals surface area contributed by atoms with E-state index in [1.807, 2.05) is 90.3 Å². The van der Waals surface area contributed by atoms with Crippen molar-refractivity contribution in [1.82, 2.24) is 4.57 Å². The molecule has 3 heterocycles. The zero-order chi connectivity index (χ0) is 33.9. The molecule has 0 bridgehead atoms. The third kappa shape index (κ3) is 4.91. The van der Waals surface area contributed by atoms with Gasteiger partial charge in [-0.15, -0.1) is 22.7 Å². The SMILES string of the molecule is N=C(N=C(N=Cc1ccccc1)c1ccccc1)c1cccc2sc3ccc4sc5cc(-n6c7ccccc7c7ccccc76)ccc5c4c3c12. The molecule has 3 aromatic heterocycles. The Hall–Kier alpha value is -6.21. The van der Waals surface area contributed by atoms with Crippen molar-refractivity contribution in [3.8, 4) is 5.69 Å². The Bertz CT molecular complexity index is 2980. The summed E-state index contributed by atoms with van der Waals surface area (Å²) in [6.07, 6.45) is 1.81. The van der Waals surface area contributed by atoms with E-state index < -0.39 is 0 Å². The van der Waals surface area contributed by atoms with Gasteiger partial charge in [-0.3, -0.25) is 5.41 Å². The molecule has 0 saturated heterocycles. The van der Waals surface area contributed by atoms with Gasteiger partial charge in [-0.1, -0.05) is 115 Å². The van der Waals surface area contributed by atoms with Crippen LogP contribution in [0.4, 0.5) is 0 Å². The number of hydrogen-bond acceptors (Lipinski definition) is 3. The number of rotatable bonds is 4. The van der Waals surface area contributed by atoms with Gasteiger partial charge in [-0.05, 0) is 48.0 Å². The molecule has 0 unspecified atom stereocenters. The van der Waals surface area contributed by atoms with Crippen molar-refractivity contribution in [3.63, 3.8) is 0 Å². The van der Waals surface area contributed by atoms with Crippen LogP contribution in [0.1, 0.15) is 16.7 Å². The molecule has 0 saturated carbocycles. The number of nitrogens with one attached hydrogen (secondary N) is 1. The lowest BCUT2D eigenvalue weighted by molar-refractivity contribution is 1.19. The molecule has 0 radical (unpaired) electrons. The number of thiophene rings is 2. The van der Waals surface area contributed by atoms with Crippen LogP contribution >= 0.6 is 22.7 Å². The number of hydrogen-bond donors (Lipinski definition) is 1. The number of aromatic nitrogens is 1. The predicted molar refractivity (Wildman–Crippen MR) is 220 cm³/mol. The Morgan fingerprint density at radius 2 is 1.16 bits per heavy atom. The Morgan fingerprint density at radius 3 is 1.90 bits per heavy atom. The summed E-state index contributed by atoms with van der Waals surface area (Å²) >= 11 is 3.60. The highest BCUT2D eigenvalue weighted by Gasteiger charge is 2.19. The van der Waals surface area contributed by atoms with Crippen molar-refractivity contribution in [3.05, 3.63) is 174 Å². The zero-order valence-electron chi connectivity index (χ0n) is 27.2. The lowest BCUT2D eigenvalue weighted by Gasteiger charge is -2.08. The first-order chi connectivity index (χ1) is 25.2. The van der Waals surface area contributed by atoms with E-state index in [1.165, 1.54) is 52.1 Å². The van der Waals surface area contributed by atoms with Crippen molar-refractivity contribution in [2.45, 2.75) is 0 Å². The smallest absolute Gasteiger partial charge is 0.161 e. The minimum Gasteiger partial charge on any atom is -0.309 e. The quantitative estimate of drug-likeness (QED) is 0.141. The highest BCUT2D eigenvalue weighted by Crippen LogP contribution is 2.46. The van der Waals surface area contributed by atoms with Crippen molar-refractivity contribution < 1.29 is 0 Å². The Morgan fingerprint density at radius 1 is 0.529 bits per heavy atom. The average Bonchev–Trinajstić information content (AvgIpc) is 3.86. The van der Waals surface area contributed by atoms with E-state index in [0.29, 0.717) is 5.84 Å². The highest BCUT2D eigenvalue weighted by atomic mass is 32.1. The molecule has 10 rings (SSSR count). The van der Waals surface area contributed by atoms with Gasteiger partial charge in [-0.25, -0.2) is 9.98 Å². The fraction of sp³-hybridized carbons (Fsp3) is 0. The van der Waals surface area contributed by atoms with E-state index in [4.69, 9.17) is 9.98 Å². The molecular weight excluding hydrogens is 661 g/mol. The summed E-state index contributed by atoms with van der Waals surface area (Å²) in [6.45, 7) is 0. The summed E-state index contributed by atoms with van der Waals surface area (Å²) in [5, 5.41) is 16.7. The first kappa shape index (κ1) is 29.7. The number of para-hydroxylation sites is 2. The van der Waals surface area contributed by atoms with Gasteiger partial charge in [0.2, 0.25) is 0 Å². The molecule has 240 valence electrons. The molecule has 0 aliphatic rings. The van der Waals surface area contributed by atoms with Gasteiger partial charge in [0.25, 0.3) is 0 Å². The minimum absolute atomic E-state index is 0.189. The normalized spacial score (nSPS) is 12.4. The van der Waals surface area contributed by atoms with E-state index in [1.54, 1.807) is 11.3 Å². The van der Waals surface area contributed by atoms with Crippen LogP contribution in [-0.2, 0) is 0 Å². The fourth-order valence-corrected chi connectivity index (χ4v) is 9.58. The second-order valence-electron chi connectivity index (χ2n) is 12.6. The summed E-state index contributed by atoms with van der Waals surface area (Å²) < 4.78 is 7.21. The average molecular weight is 689 g/mol. The molecule has 4 nitrogen and oxygen atoms in total. The van der Waals surface area contributed by atoms with Crippen LogP contribution in [0.25, 0.3) is 67.8 Å². The first-order valence-corrected chi connectivity index (χ1v) is 18.5. The maximum atomic E-state index is 9.41. The maximum Gasteiger partial charge on any atom is 0.161 e. The molecule has 1 N–H and O–H groups in total. The Labute approximate surface area is 301 Å². The molecule has 6 heteroatoms. The molecule has 51 heavy (non-hydrogen) atoms. The van der Waals surface area contributed by atoms with Gasteiger partial charge < -0.3 is 4.57 Å². The van der Waals surface area contributed by atoms with Gasteiger partial charge >= 0.3 is 0 Å². The number of benzene rings is 7. The molecule has 0 aliphatic heterocycles. The standard InChI is InChI=1S/C45H28N4S2/c46-44(48-45(29-14-5-2-6-15-29)47-27-28-12-3-1-4-13-28)34-18-11-21-37-42(34)43-39(50-37)25-24-38-41(43)33-23-22-30(26-40(33)51-38)49-35-19-9-7-16-31(35)32-17-8-10-20-36(32)49/h1-27,46H. The molecule has 0 fully saturated rings. The van der Waals surface area contributed by atoms with E-state index >= 15 is 0 Å². The molecule has 0 atom stereocenters. The number of aliphatic imine (C=N–C) groups is 2. The summed E-state index contributed by atoms with van der Waals surface area (Å²) in [4.78, 5) is 9.69. The summed E-state index contributed by atoms with van der Waals surface area (Å²) in [5.41, 5.74) is 6.21. The zero-order valence-corrected chi connectivity index (χ0v) is 28.9. The minimum atomic E-state index is 0.189. The van der Waals surface area contributed by atoms with Gasteiger partial charge in [0.05, 0.1) is 11.0 Å². The number of amidine groups is 2. The molecular formula is C45H28N4S2. The molecule has 7 aromatic carbocycles. The van der Waals surface area contributed by atoms with Crippen LogP contribution in [0.3, 0.4) is 0 Å². The van der Waals surface area contributed by atoms with Crippen LogP contribution in [-0.4, -0.2) is 22.5 Å². The predicted octanol–water partition coefficient (Wildman–Crippen LogP) is 12.4. The van der Waals surface area contributed by atoms with Crippen LogP contribution in [0, 0.1) is 5.41 Å². The lowest BCUT2D eigenvalue weighted by Crippen LogP contribution is -2.05. The molecule has 0 amide bonds. The summed E-state index contributed by atoms with van der Waals surface area (Å²) in [7, 11) is 0. The van der Waals surface area contributed by atoms with E-state index in [2.05, 4.69) is 89.5 Å². The van der Waals surface area contributed by atoms with E-state index in [-0.39, 0.29) is 5.84 Å². The van der Waals surface area contributed by atoms with Crippen molar-refractivity contribution in [1.29, 1.82) is 5.41 Å². The lowest BCUT2D eigenvalue weighted by atomic mass is 10.0. The van der Waals surface area contributed by atoms with Crippen molar-refractivity contribution in [2.24, 2.45) is 9.98 Å². The number of fused-ring (bicyclic) bond motifs is 10. The highest BCUT2D eigenvalue weighted by molar-refractivity contribution is 7.28.